The predicted molar refractivity (Wildman–Crippen MR) is 19.8 cm³/mol. The third-order valence-corrected chi connectivity index (χ3v) is 0. The van der Waals surface area contributed by atoms with Gasteiger partial charge >= 0.3 is 57.4 Å². The molecule has 2 amide bonds. The Bertz CT molecular complexity index is 62.3. The fraction of sp³-hybridized carbons (Fsp3) is 0. The number of hydrogen-bond donors (Lipinski definition) is 2. The molecule has 0 aromatic rings. The Morgan fingerprint density at radius 1 is 1.50 bits per heavy atom. The molecule has 0 spiro atoms. The molecule has 0 saturated heterocycles. The molecular formula is C2H5KN2O3. The number of carboxylic acid groups (broad SMARTS) is 1. The SMILES string of the molecule is NC(N)=O.O=C[O-].[K+]. The van der Waals surface area contributed by atoms with Gasteiger partial charge < -0.3 is 21.4 Å². The molecule has 0 aliphatic carbocycles. The van der Waals surface area contributed by atoms with Gasteiger partial charge in [-0.2, -0.15) is 0 Å². The van der Waals surface area contributed by atoms with E-state index in [2.05, 4.69) is 11.5 Å². The standard InChI is InChI=1S/CH4N2O.CH2O2.K/c2-1(3)4;2-1-3;/h(H4,2,3,4);1H,(H,2,3);/q;;+1/p-1. The first-order valence-corrected chi connectivity index (χ1v) is 1.25. The summed E-state index contributed by atoms with van der Waals surface area (Å²) in [4.78, 5) is 17.2. The Hall–Kier alpha value is 0.376. The molecular weight excluding hydrogens is 139 g/mol. The van der Waals surface area contributed by atoms with Crippen LogP contribution in [0.2, 0.25) is 0 Å². The smallest absolute Gasteiger partial charge is 0.554 e. The van der Waals surface area contributed by atoms with Gasteiger partial charge in [0, 0.05) is 6.47 Å². The molecule has 0 saturated carbocycles. The number of rotatable bonds is 0. The summed E-state index contributed by atoms with van der Waals surface area (Å²) in [5.41, 5.74) is 8.50. The molecule has 0 radical (unpaired) electrons. The van der Waals surface area contributed by atoms with E-state index in [0.717, 1.165) is 0 Å². The van der Waals surface area contributed by atoms with Crippen molar-refractivity contribution in [2.45, 2.75) is 0 Å². The second-order valence-corrected chi connectivity index (χ2v) is 0.499. The van der Waals surface area contributed by atoms with E-state index in [-0.39, 0.29) is 51.4 Å². The maximum Gasteiger partial charge on any atom is 1.00 e. The molecule has 0 fully saturated rings. The van der Waals surface area contributed by atoms with Gasteiger partial charge in [0.25, 0.3) is 0 Å². The van der Waals surface area contributed by atoms with Crippen molar-refractivity contribution in [3.63, 3.8) is 0 Å². The van der Waals surface area contributed by atoms with Crippen molar-refractivity contribution >= 4 is 12.5 Å². The quantitative estimate of drug-likeness (QED) is 0.261. The summed E-state index contributed by atoms with van der Waals surface area (Å²) < 4.78 is 0. The van der Waals surface area contributed by atoms with E-state index in [9.17, 15) is 0 Å². The molecule has 0 aliphatic rings. The molecule has 8 heavy (non-hydrogen) atoms. The van der Waals surface area contributed by atoms with Crippen LogP contribution in [0.1, 0.15) is 0 Å². The van der Waals surface area contributed by atoms with Crippen molar-refractivity contribution in [2.75, 3.05) is 0 Å². The first kappa shape index (κ1) is 15.8. The van der Waals surface area contributed by atoms with Crippen LogP contribution in [-0.2, 0) is 4.79 Å². The molecule has 0 rings (SSSR count). The van der Waals surface area contributed by atoms with E-state index in [0.29, 0.717) is 0 Å². The molecule has 0 bridgehead atoms. The van der Waals surface area contributed by atoms with Gasteiger partial charge in [-0.05, 0) is 0 Å². The molecule has 0 aromatic carbocycles. The number of amides is 2. The fourth-order valence-electron chi connectivity index (χ4n) is 0. The normalized spacial score (nSPS) is 4.50. The van der Waals surface area contributed by atoms with Gasteiger partial charge in [0.05, 0.1) is 0 Å². The number of nitrogens with two attached hydrogens (primary N) is 2. The second kappa shape index (κ2) is 15.7. The molecule has 6 heteroatoms. The zero-order valence-electron chi connectivity index (χ0n) is 4.46. The maximum absolute atomic E-state index is 9.00. The third kappa shape index (κ3) is 1300. The van der Waals surface area contributed by atoms with Crippen molar-refractivity contribution in [1.29, 1.82) is 0 Å². The Labute approximate surface area is 88.8 Å². The summed E-state index contributed by atoms with van der Waals surface area (Å²) in [7, 11) is 0. The van der Waals surface area contributed by atoms with E-state index < -0.39 is 12.5 Å². The molecule has 0 aliphatic heterocycles. The van der Waals surface area contributed by atoms with Gasteiger partial charge in [0.15, 0.2) is 0 Å². The van der Waals surface area contributed by atoms with E-state index in [1.807, 2.05) is 0 Å². The second-order valence-electron chi connectivity index (χ2n) is 0.499. The maximum atomic E-state index is 9.00. The van der Waals surface area contributed by atoms with Crippen molar-refractivity contribution in [1.82, 2.24) is 0 Å². The summed E-state index contributed by atoms with van der Waals surface area (Å²) in [6.45, 7) is -0.500. The molecule has 5 nitrogen and oxygen atoms in total. The Balaban J connectivity index is -0.0000000575. The Kier molecular flexibility index (Phi) is 30.9. The minimum Gasteiger partial charge on any atom is -0.554 e. The van der Waals surface area contributed by atoms with Crippen molar-refractivity contribution in [3.05, 3.63) is 0 Å². The van der Waals surface area contributed by atoms with E-state index in [1.165, 1.54) is 0 Å². The summed E-state index contributed by atoms with van der Waals surface area (Å²) in [6, 6.07) is -0.833. The first-order valence-electron chi connectivity index (χ1n) is 1.25. The van der Waals surface area contributed by atoms with Gasteiger partial charge in [-0.1, -0.05) is 0 Å². The van der Waals surface area contributed by atoms with Crippen LogP contribution in [-0.4, -0.2) is 12.5 Å². The van der Waals surface area contributed by atoms with Crippen LogP contribution in [0.3, 0.4) is 0 Å². The largest absolute Gasteiger partial charge is 1.00 e. The minimum absolute atomic E-state index is 0. The summed E-state index contributed by atoms with van der Waals surface area (Å²) in [6.07, 6.45) is 0. The van der Waals surface area contributed by atoms with Crippen LogP contribution in [0, 0.1) is 0 Å². The molecule has 42 valence electrons. The molecule has 0 heterocycles. The molecule has 0 aromatic heterocycles. The number of urea groups is 1. The van der Waals surface area contributed by atoms with Crippen LogP contribution < -0.4 is 68.0 Å². The van der Waals surface area contributed by atoms with Gasteiger partial charge in [-0.15, -0.1) is 0 Å². The van der Waals surface area contributed by atoms with Crippen LogP contribution in [0.5, 0.6) is 0 Å². The van der Waals surface area contributed by atoms with Crippen molar-refractivity contribution in [3.8, 4) is 0 Å². The minimum atomic E-state index is -0.833. The topological polar surface area (TPSA) is 109 Å². The Morgan fingerprint density at radius 2 is 1.50 bits per heavy atom. The van der Waals surface area contributed by atoms with Crippen LogP contribution in [0.15, 0.2) is 0 Å². The zero-order valence-corrected chi connectivity index (χ0v) is 7.58. The molecule has 0 atom stereocenters. The van der Waals surface area contributed by atoms with E-state index >= 15 is 0 Å². The van der Waals surface area contributed by atoms with Gasteiger partial charge in [-0.25, -0.2) is 4.79 Å². The number of carbonyl (C=O) groups is 2. The predicted octanol–water partition coefficient (Wildman–Crippen LogP) is -5.61. The van der Waals surface area contributed by atoms with E-state index in [4.69, 9.17) is 14.7 Å². The number of primary amides is 2. The summed E-state index contributed by atoms with van der Waals surface area (Å²) >= 11 is 0. The molecule has 4 N–H and O–H groups in total. The fourth-order valence-corrected chi connectivity index (χ4v) is 0. The van der Waals surface area contributed by atoms with Crippen molar-refractivity contribution < 1.29 is 66.1 Å². The van der Waals surface area contributed by atoms with Gasteiger partial charge in [-0.3, -0.25) is 0 Å². The number of carbonyl (C=O) groups excluding carboxylic acids is 2. The average Bonchev–Trinajstić information content (AvgIpc) is 1.33. The van der Waals surface area contributed by atoms with Gasteiger partial charge in [0.2, 0.25) is 0 Å². The van der Waals surface area contributed by atoms with E-state index in [1.54, 1.807) is 0 Å². The zero-order chi connectivity index (χ0) is 6.28. The van der Waals surface area contributed by atoms with Crippen molar-refractivity contribution in [2.24, 2.45) is 11.5 Å². The molecule has 0 unspecified atom stereocenters. The summed E-state index contributed by atoms with van der Waals surface area (Å²) in [5.74, 6) is 0. The first-order chi connectivity index (χ1) is 3.15. The monoisotopic (exact) mass is 144 g/mol. The van der Waals surface area contributed by atoms with Crippen LogP contribution >= 0.6 is 0 Å². The third-order valence-electron chi connectivity index (χ3n) is 0. The van der Waals surface area contributed by atoms with Crippen LogP contribution in [0.25, 0.3) is 0 Å². The summed E-state index contributed by atoms with van der Waals surface area (Å²) in [5, 5.41) is 8.25. The Morgan fingerprint density at radius 3 is 1.50 bits per heavy atom. The average molecular weight is 144 g/mol. The van der Waals surface area contributed by atoms with Crippen LogP contribution in [0.4, 0.5) is 4.79 Å². The van der Waals surface area contributed by atoms with Gasteiger partial charge in [0.1, 0.15) is 0 Å². The number of hydrogen-bond acceptors (Lipinski definition) is 3.